The summed E-state index contributed by atoms with van der Waals surface area (Å²) in [5.41, 5.74) is 2.94. The molecule has 0 saturated carbocycles. The Morgan fingerprint density at radius 3 is 2.52 bits per heavy atom. The molecule has 3 aromatic carbocycles. The van der Waals surface area contributed by atoms with Crippen molar-refractivity contribution in [2.24, 2.45) is 4.99 Å². The van der Waals surface area contributed by atoms with E-state index in [2.05, 4.69) is 4.99 Å². The van der Waals surface area contributed by atoms with Gasteiger partial charge in [-0.05, 0) is 73.0 Å². The third-order valence-electron chi connectivity index (χ3n) is 6.71. The molecule has 1 unspecified atom stereocenters. The largest absolute Gasteiger partial charge is 0.493 e. The summed E-state index contributed by atoms with van der Waals surface area (Å²) in [6.07, 6.45) is 1.80. The van der Waals surface area contributed by atoms with Gasteiger partial charge in [0.1, 0.15) is 12.4 Å². The molecule has 0 fully saturated rings. The van der Waals surface area contributed by atoms with Crippen LogP contribution in [0.15, 0.2) is 87.8 Å². The lowest BCUT2D eigenvalue weighted by atomic mass is 9.95. The zero-order valence-electron chi connectivity index (χ0n) is 23.5. The van der Waals surface area contributed by atoms with Crippen molar-refractivity contribution in [2.45, 2.75) is 26.5 Å². The molecule has 0 saturated heterocycles. The molecule has 0 spiro atoms. The van der Waals surface area contributed by atoms with Crippen LogP contribution in [0.2, 0.25) is 5.02 Å². The van der Waals surface area contributed by atoms with E-state index in [-0.39, 0.29) is 12.2 Å². The lowest BCUT2D eigenvalue weighted by Gasteiger charge is -2.25. The van der Waals surface area contributed by atoms with E-state index in [1.165, 1.54) is 23.0 Å². The summed E-state index contributed by atoms with van der Waals surface area (Å²) in [7, 11) is 3.08. The number of hydrogen-bond donors (Lipinski definition) is 0. The topological polar surface area (TPSA) is 88.4 Å². The molecular formula is C32H29ClN2O6S. The number of nitrogens with zero attached hydrogens (tertiary/aromatic N) is 2. The lowest BCUT2D eigenvalue weighted by Crippen LogP contribution is -2.39. The van der Waals surface area contributed by atoms with Crippen LogP contribution in [0.25, 0.3) is 6.08 Å². The first-order valence-corrected chi connectivity index (χ1v) is 14.4. The molecule has 0 aliphatic carbocycles. The molecule has 1 atom stereocenters. The van der Waals surface area contributed by atoms with Crippen molar-refractivity contribution in [2.75, 3.05) is 20.8 Å². The summed E-state index contributed by atoms with van der Waals surface area (Å²) < 4.78 is 24.3. The fourth-order valence-corrected chi connectivity index (χ4v) is 5.90. The number of hydrogen-bond acceptors (Lipinski definition) is 8. The van der Waals surface area contributed by atoms with Gasteiger partial charge in [0.2, 0.25) is 0 Å². The number of thiazole rings is 1. The lowest BCUT2D eigenvalue weighted by molar-refractivity contribution is -0.139. The van der Waals surface area contributed by atoms with Crippen molar-refractivity contribution in [1.82, 2.24) is 4.57 Å². The number of rotatable bonds is 9. The Morgan fingerprint density at radius 1 is 1.05 bits per heavy atom. The summed E-state index contributed by atoms with van der Waals surface area (Å²) in [6, 6.07) is 19.5. The molecule has 0 N–H and O–H groups in total. The van der Waals surface area contributed by atoms with Crippen LogP contribution in [0, 0.1) is 0 Å². The predicted molar refractivity (Wildman–Crippen MR) is 162 cm³/mol. The quantitative estimate of drug-likeness (QED) is 0.249. The molecule has 8 nitrogen and oxygen atoms in total. The second-order valence-corrected chi connectivity index (χ2v) is 10.8. The average molecular weight is 605 g/mol. The third-order valence-corrected chi connectivity index (χ3v) is 7.95. The highest BCUT2D eigenvalue weighted by Crippen LogP contribution is 2.36. The Bertz CT molecular complexity index is 1840. The normalized spacial score (nSPS) is 14.7. The molecule has 216 valence electrons. The molecule has 0 amide bonds. The van der Waals surface area contributed by atoms with Gasteiger partial charge >= 0.3 is 5.97 Å². The number of ether oxygens (including phenoxy) is 4. The summed E-state index contributed by atoms with van der Waals surface area (Å²) >= 11 is 7.23. The number of carbonyl (C=O) groups excluding carboxylic acids is 1. The highest BCUT2D eigenvalue weighted by molar-refractivity contribution is 7.07. The molecule has 0 bridgehead atoms. The highest BCUT2D eigenvalue weighted by atomic mass is 35.5. The Kier molecular flexibility index (Phi) is 8.80. The van der Waals surface area contributed by atoms with Crippen molar-refractivity contribution in [3.05, 3.63) is 119 Å². The van der Waals surface area contributed by atoms with Gasteiger partial charge in [-0.3, -0.25) is 9.36 Å². The zero-order chi connectivity index (χ0) is 29.8. The Hall–Kier alpha value is -4.34. The predicted octanol–water partition coefficient (Wildman–Crippen LogP) is 5.05. The van der Waals surface area contributed by atoms with E-state index < -0.39 is 12.0 Å². The van der Waals surface area contributed by atoms with Crippen LogP contribution in [0.5, 0.6) is 17.2 Å². The number of benzene rings is 3. The van der Waals surface area contributed by atoms with Gasteiger partial charge in [0.25, 0.3) is 5.56 Å². The molecule has 42 heavy (non-hydrogen) atoms. The van der Waals surface area contributed by atoms with Crippen LogP contribution in [-0.2, 0) is 16.1 Å². The molecular weight excluding hydrogens is 576 g/mol. The minimum atomic E-state index is -0.767. The Labute approximate surface area is 251 Å². The van der Waals surface area contributed by atoms with Gasteiger partial charge in [-0.1, -0.05) is 53.3 Å². The summed E-state index contributed by atoms with van der Waals surface area (Å²) in [4.78, 5) is 32.2. The van der Waals surface area contributed by atoms with Crippen LogP contribution in [0.4, 0.5) is 0 Å². The third kappa shape index (κ3) is 5.98. The van der Waals surface area contributed by atoms with Gasteiger partial charge in [0.15, 0.2) is 16.3 Å². The number of methoxy groups -OCH3 is 2. The van der Waals surface area contributed by atoms with Crippen LogP contribution >= 0.6 is 22.9 Å². The standard InChI is InChI=1S/C32H29ClN2O6S/c1-5-40-31(37)28-19(2)34-32-35(29(28)22-11-14-25(38-3)26(17-22)39-4)30(36)27(42-32)16-21-7-6-8-24(15-21)41-18-20-9-12-23(33)13-10-20/h6-17,29H,5,18H2,1-4H3/b27-16-. The fourth-order valence-electron chi connectivity index (χ4n) is 4.72. The molecule has 1 aliphatic heterocycles. The van der Waals surface area contributed by atoms with Crippen LogP contribution in [0.3, 0.4) is 0 Å². The van der Waals surface area contributed by atoms with Crippen molar-refractivity contribution in [3.63, 3.8) is 0 Å². The van der Waals surface area contributed by atoms with E-state index in [0.29, 0.717) is 55.0 Å². The maximum Gasteiger partial charge on any atom is 0.338 e. The van der Waals surface area contributed by atoms with Gasteiger partial charge in [-0.15, -0.1) is 0 Å². The number of aromatic nitrogens is 1. The second-order valence-electron chi connectivity index (χ2n) is 9.40. The molecule has 1 aliphatic rings. The maximum atomic E-state index is 13.9. The smallest absolute Gasteiger partial charge is 0.338 e. The highest BCUT2D eigenvalue weighted by Gasteiger charge is 2.34. The number of esters is 1. The van der Waals surface area contributed by atoms with E-state index in [1.807, 2.05) is 54.6 Å². The molecule has 5 rings (SSSR count). The van der Waals surface area contributed by atoms with Gasteiger partial charge in [0, 0.05) is 5.02 Å². The fraction of sp³-hybridized carbons (Fsp3) is 0.219. The summed E-state index contributed by atoms with van der Waals surface area (Å²) in [5.74, 6) is 1.14. The maximum absolute atomic E-state index is 13.9. The first-order valence-electron chi connectivity index (χ1n) is 13.2. The van der Waals surface area contributed by atoms with Gasteiger partial charge < -0.3 is 18.9 Å². The van der Waals surface area contributed by atoms with Crippen molar-refractivity contribution < 1.29 is 23.7 Å². The summed E-state index contributed by atoms with van der Waals surface area (Å²) in [5, 5.41) is 0.667. The molecule has 10 heteroatoms. The van der Waals surface area contributed by atoms with Gasteiger partial charge in [-0.2, -0.15) is 0 Å². The summed E-state index contributed by atoms with van der Waals surface area (Å²) in [6.45, 7) is 4.06. The number of fused-ring (bicyclic) bond motifs is 1. The Morgan fingerprint density at radius 2 is 1.81 bits per heavy atom. The molecule has 0 radical (unpaired) electrons. The molecule has 4 aromatic rings. The van der Waals surface area contributed by atoms with Gasteiger partial charge in [0.05, 0.1) is 42.7 Å². The molecule has 2 heterocycles. The second kappa shape index (κ2) is 12.7. The number of halogens is 1. The minimum Gasteiger partial charge on any atom is -0.493 e. The van der Waals surface area contributed by atoms with Crippen molar-refractivity contribution in [3.8, 4) is 17.2 Å². The van der Waals surface area contributed by atoms with E-state index >= 15 is 0 Å². The monoisotopic (exact) mass is 604 g/mol. The van der Waals surface area contributed by atoms with Crippen LogP contribution in [0.1, 0.15) is 36.6 Å². The van der Waals surface area contributed by atoms with E-state index in [1.54, 1.807) is 39.2 Å². The zero-order valence-corrected chi connectivity index (χ0v) is 25.1. The number of carbonyl (C=O) groups is 1. The first kappa shape index (κ1) is 29.2. The minimum absolute atomic E-state index is 0.190. The van der Waals surface area contributed by atoms with Crippen molar-refractivity contribution >= 4 is 35.0 Å². The van der Waals surface area contributed by atoms with Gasteiger partial charge in [-0.25, -0.2) is 9.79 Å². The van der Waals surface area contributed by atoms with E-state index in [0.717, 1.165) is 11.1 Å². The van der Waals surface area contributed by atoms with E-state index in [4.69, 9.17) is 30.5 Å². The average Bonchev–Trinajstić information content (AvgIpc) is 3.29. The van der Waals surface area contributed by atoms with E-state index in [9.17, 15) is 9.59 Å². The number of allylic oxidation sites excluding steroid dienone is 1. The first-order chi connectivity index (χ1) is 20.3. The van der Waals surface area contributed by atoms with Crippen molar-refractivity contribution in [1.29, 1.82) is 0 Å². The SMILES string of the molecule is CCOC(=O)C1=C(C)N=c2s/c(=C\c3cccc(OCc4ccc(Cl)cc4)c3)c(=O)n2C1c1ccc(OC)c(OC)c1. The van der Waals surface area contributed by atoms with Crippen LogP contribution < -0.4 is 29.1 Å². The molecule has 1 aromatic heterocycles. The van der Waals surface area contributed by atoms with Crippen LogP contribution in [-0.4, -0.2) is 31.4 Å². The Balaban J connectivity index is 1.56.